The normalized spacial score (nSPS) is 15.7. The summed E-state index contributed by atoms with van der Waals surface area (Å²) in [5.74, 6) is 0.161. The lowest BCUT2D eigenvalue weighted by Gasteiger charge is -2.16. The molecular formula is C10H18N2O. The van der Waals surface area contributed by atoms with Gasteiger partial charge in [-0.2, -0.15) is 5.10 Å². The van der Waals surface area contributed by atoms with Crippen LogP contribution in [0, 0.1) is 0 Å². The highest BCUT2D eigenvalue weighted by atomic mass is 16.3. The first-order valence-electron chi connectivity index (χ1n) is 4.86. The largest absolute Gasteiger partial charge is 0.393 e. The molecule has 0 saturated carbocycles. The van der Waals surface area contributed by atoms with Crippen LogP contribution in [0.4, 0.5) is 0 Å². The molecule has 74 valence electrons. The van der Waals surface area contributed by atoms with Gasteiger partial charge in [-0.25, -0.2) is 0 Å². The first-order chi connectivity index (χ1) is 6.16. The number of hydrogen-bond acceptors (Lipinski definition) is 2. The molecule has 0 spiro atoms. The quantitative estimate of drug-likeness (QED) is 0.770. The third-order valence-electron chi connectivity index (χ3n) is 2.37. The highest BCUT2D eigenvalue weighted by molar-refractivity contribution is 5.08. The molecule has 1 aromatic rings. The van der Waals surface area contributed by atoms with E-state index in [2.05, 4.69) is 12.0 Å². The fourth-order valence-electron chi connectivity index (χ4n) is 1.38. The van der Waals surface area contributed by atoms with E-state index in [-0.39, 0.29) is 12.0 Å². The molecule has 1 heterocycles. The number of aliphatic hydroxyl groups is 1. The van der Waals surface area contributed by atoms with Gasteiger partial charge in [-0.15, -0.1) is 0 Å². The maximum Gasteiger partial charge on any atom is 0.0592 e. The monoisotopic (exact) mass is 182 g/mol. The van der Waals surface area contributed by atoms with E-state index in [4.69, 9.17) is 0 Å². The SMILES string of the molecule is CCCn1nccc1C(C)C(C)O. The van der Waals surface area contributed by atoms with Gasteiger partial charge in [-0.05, 0) is 19.4 Å². The lowest BCUT2D eigenvalue weighted by Crippen LogP contribution is -2.16. The minimum atomic E-state index is -0.313. The van der Waals surface area contributed by atoms with Crippen molar-refractivity contribution >= 4 is 0 Å². The van der Waals surface area contributed by atoms with Gasteiger partial charge in [0.2, 0.25) is 0 Å². The van der Waals surface area contributed by atoms with Crippen molar-refractivity contribution in [2.75, 3.05) is 0 Å². The maximum absolute atomic E-state index is 9.44. The van der Waals surface area contributed by atoms with Crippen LogP contribution in [-0.2, 0) is 6.54 Å². The molecule has 0 radical (unpaired) electrons. The van der Waals surface area contributed by atoms with E-state index in [1.165, 1.54) is 0 Å². The molecule has 0 aliphatic heterocycles. The van der Waals surface area contributed by atoms with Crippen LogP contribution in [0.2, 0.25) is 0 Å². The van der Waals surface area contributed by atoms with Crippen molar-refractivity contribution in [3.63, 3.8) is 0 Å². The minimum absolute atomic E-state index is 0.161. The summed E-state index contributed by atoms with van der Waals surface area (Å²) < 4.78 is 1.97. The van der Waals surface area contributed by atoms with Gasteiger partial charge in [0.1, 0.15) is 0 Å². The molecule has 0 saturated heterocycles. The van der Waals surface area contributed by atoms with Crippen molar-refractivity contribution in [2.24, 2.45) is 0 Å². The number of aliphatic hydroxyl groups excluding tert-OH is 1. The average Bonchev–Trinajstić information content (AvgIpc) is 2.52. The number of aromatic nitrogens is 2. The first-order valence-corrected chi connectivity index (χ1v) is 4.86. The Morgan fingerprint density at radius 2 is 2.23 bits per heavy atom. The lowest BCUT2D eigenvalue weighted by atomic mass is 10.0. The van der Waals surface area contributed by atoms with Gasteiger partial charge >= 0.3 is 0 Å². The molecule has 3 heteroatoms. The van der Waals surface area contributed by atoms with Gasteiger partial charge in [0.25, 0.3) is 0 Å². The molecule has 0 amide bonds. The molecule has 0 aliphatic carbocycles. The zero-order chi connectivity index (χ0) is 9.84. The van der Waals surface area contributed by atoms with Crippen LogP contribution in [-0.4, -0.2) is 21.0 Å². The fourth-order valence-corrected chi connectivity index (χ4v) is 1.38. The fraction of sp³-hybridized carbons (Fsp3) is 0.700. The van der Waals surface area contributed by atoms with Crippen LogP contribution < -0.4 is 0 Å². The Labute approximate surface area is 79.4 Å². The zero-order valence-corrected chi connectivity index (χ0v) is 8.57. The zero-order valence-electron chi connectivity index (χ0n) is 8.57. The summed E-state index contributed by atoms with van der Waals surface area (Å²) in [5.41, 5.74) is 1.12. The summed E-state index contributed by atoms with van der Waals surface area (Å²) in [6, 6.07) is 1.98. The third-order valence-corrected chi connectivity index (χ3v) is 2.37. The molecule has 13 heavy (non-hydrogen) atoms. The van der Waals surface area contributed by atoms with Crippen LogP contribution in [0.5, 0.6) is 0 Å². The van der Waals surface area contributed by atoms with E-state index in [9.17, 15) is 5.11 Å². The van der Waals surface area contributed by atoms with E-state index in [1.54, 1.807) is 6.20 Å². The van der Waals surface area contributed by atoms with Crippen LogP contribution in [0.25, 0.3) is 0 Å². The molecule has 2 atom stereocenters. The third kappa shape index (κ3) is 2.31. The van der Waals surface area contributed by atoms with Crippen molar-refractivity contribution in [2.45, 2.75) is 45.8 Å². The number of aryl methyl sites for hydroxylation is 1. The van der Waals surface area contributed by atoms with Gasteiger partial charge in [-0.1, -0.05) is 13.8 Å². The summed E-state index contributed by atoms with van der Waals surface area (Å²) in [6.07, 6.45) is 2.55. The van der Waals surface area contributed by atoms with Crippen molar-refractivity contribution in [1.29, 1.82) is 0 Å². The van der Waals surface area contributed by atoms with Gasteiger partial charge < -0.3 is 5.11 Å². The highest BCUT2D eigenvalue weighted by Crippen LogP contribution is 2.18. The molecule has 3 nitrogen and oxygen atoms in total. The predicted molar refractivity (Wildman–Crippen MR) is 52.6 cm³/mol. The summed E-state index contributed by atoms with van der Waals surface area (Å²) >= 11 is 0. The summed E-state index contributed by atoms with van der Waals surface area (Å²) in [5, 5.41) is 13.7. The van der Waals surface area contributed by atoms with E-state index < -0.39 is 0 Å². The van der Waals surface area contributed by atoms with Crippen LogP contribution in [0.3, 0.4) is 0 Å². The number of nitrogens with zero attached hydrogens (tertiary/aromatic N) is 2. The Kier molecular flexibility index (Phi) is 3.48. The summed E-state index contributed by atoms with van der Waals surface area (Å²) in [4.78, 5) is 0. The lowest BCUT2D eigenvalue weighted by molar-refractivity contribution is 0.164. The molecule has 1 aromatic heterocycles. The second-order valence-electron chi connectivity index (χ2n) is 3.51. The van der Waals surface area contributed by atoms with Crippen molar-refractivity contribution < 1.29 is 5.11 Å². The molecule has 0 aliphatic rings. The molecule has 0 aromatic carbocycles. The molecule has 0 bridgehead atoms. The standard InChI is InChI=1S/C10H18N2O/c1-4-7-12-10(5-6-11-12)8(2)9(3)13/h5-6,8-9,13H,4,7H2,1-3H3. The Bertz CT molecular complexity index is 255. The Hall–Kier alpha value is -0.830. The first kappa shape index (κ1) is 10.3. The maximum atomic E-state index is 9.44. The second-order valence-corrected chi connectivity index (χ2v) is 3.51. The van der Waals surface area contributed by atoms with Gasteiger partial charge in [0, 0.05) is 24.4 Å². The van der Waals surface area contributed by atoms with Crippen LogP contribution in [0.1, 0.15) is 38.8 Å². The Morgan fingerprint density at radius 3 is 2.77 bits per heavy atom. The summed E-state index contributed by atoms with van der Waals surface area (Å²) in [6.45, 7) is 6.89. The van der Waals surface area contributed by atoms with Crippen LogP contribution >= 0.6 is 0 Å². The molecule has 0 fully saturated rings. The highest BCUT2D eigenvalue weighted by Gasteiger charge is 2.15. The van der Waals surface area contributed by atoms with E-state index in [0.29, 0.717) is 0 Å². The van der Waals surface area contributed by atoms with Gasteiger partial charge in [-0.3, -0.25) is 4.68 Å². The van der Waals surface area contributed by atoms with Crippen molar-refractivity contribution in [3.05, 3.63) is 18.0 Å². The van der Waals surface area contributed by atoms with Crippen LogP contribution in [0.15, 0.2) is 12.3 Å². The van der Waals surface area contributed by atoms with Gasteiger partial charge in [0.15, 0.2) is 0 Å². The smallest absolute Gasteiger partial charge is 0.0592 e. The van der Waals surface area contributed by atoms with Crippen molar-refractivity contribution in [3.8, 4) is 0 Å². The molecule has 2 unspecified atom stereocenters. The number of hydrogen-bond donors (Lipinski definition) is 1. The summed E-state index contributed by atoms with van der Waals surface area (Å²) in [7, 11) is 0. The molecule has 1 rings (SSSR count). The van der Waals surface area contributed by atoms with E-state index >= 15 is 0 Å². The van der Waals surface area contributed by atoms with E-state index in [1.807, 2.05) is 24.6 Å². The predicted octanol–water partition coefficient (Wildman–Crippen LogP) is 1.78. The topological polar surface area (TPSA) is 38.0 Å². The number of rotatable bonds is 4. The minimum Gasteiger partial charge on any atom is -0.393 e. The second kappa shape index (κ2) is 4.42. The molecule has 1 N–H and O–H groups in total. The Balaban J connectivity index is 2.80. The molecular weight excluding hydrogens is 164 g/mol. The average molecular weight is 182 g/mol. The van der Waals surface area contributed by atoms with Gasteiger partial charge in [0.05, 0.1) is 6.10 Å². The van der Waals surface area contributed by atoms with Crippen molar-refractivity contribution in [1.82, 2.24) is 9.78 Å². The van der Waals surface area contributed by atoms with E-state index in [0.717, 1.165) is 18.7 Å². The Morgan fingerprint density at radius 1 is 1.54 bits per heavy atom.